The standard InChI is InChI=1S/C36H6F10N6/c37-23-21(24(38)28(42)31(45)27(23)41)11-1-3-15-17(5-11)19(13(7-47)8-48)35-33(15)51-36-20(14(9-49)10-50)18-6-12(2-4-16(18)34(36)52-35)22-25(39)29(43)32(46)30(44)26(22)40/h1-6H. The molecule has 0 aliphatic heterocycles. The maximum absolute atomic E-state index is 14.8. The molecule has 0 saturated heterocycles. The van der Waals surface area contributed by atoms with Crippen molar-refractivity contribution in [1.82, 2.24) is 9.97 Å². The van der Waals surface area contributed by atoms with Gasteiger partial charge in [-0.15, -0.1) is 0 Å². The molecular formula is C36H6F10N6. The van der Waals surface area contributed by atoms with Gasteiger partial charge >= 0.3 is 0 Å². The molecule has 7 rings (SSSR count). The Hall–Kier alpha value is -7.30. The predicted molar refractivity (Wildman–Crippen MR) is 158 cm³/mol. The van der Waals surface area contributed by atoms with Crippen LogP contribution in [0.15, 0.2) is 47.5 Å². The topological polar surface area (TPSA) is 121 Å². The van der Waals surface area contributed by atoms with Gasteiger partial charge in [-0.3, -0.25) is 0 Å². The van der Waals surface area contributed by atoms with Crippen LogP contribution in [-0.2, 0) is 0 Å². The highest BCUT2D eigenvalue weighted by molar-refractivity contribution is 6.07. The van der Waals surface area contributed by atoms with E-state index in [9.17, 15) is 65.0 Å². The maximum atomic E-state index is 14.8. The highest BCUT2D eigenvalue weighted by atomic mass is 19.2. The Morgan fingerprint density at radius 2 is 0.673 bits per heavy atom. The molecule has 1 heterocycles. The molecule has 52 heavy (non-hydrogen) atoms. The number of rotatable bonds is 2. The Morgan fingerprint density at radius 1 is 0.385 bits per heavy atom. The van der Waals surface area contributed by atoms with E-state index < -0.39 is 91.6 Å². The molecule has 0 unspecified atom stereocenters. The van der Waals surface area contributed by atoms with E-state index in [1.165, 1.54) is 0 Å². The minimum atomic E-state index is -2.40. The number of allylic oxidation sites excluding steroid dienone is 2. The van der Waals surface area contributed by atoms with E-state index in [-0.39, 0.29) is 56.2 Å². The third-order valence-corrected chi connectivity index (χ3v) is 8.40. The van der Waals surface area contributed by atoms with Crippen LogP contribution in [0.4, 0.5) is 43.9 Å². The fourth-order valence-corrected chi connectivity index (χ4v) is 6.14. The first kappa shape index (κ1) is 33.2. The fraction of sp³-hybridized carbons (Fsp3) is 0. The molecule has 0 N–H and O–H groups in total. The smallest absolute Gasteiger partial charge is 0.200 e. The van der Waals surface area contributed by atoms with Crippen LogP contribution < -0.4 is 0 Å². The minimum Gasteiger partial charge on any atom is -0.243 e. The molecule has 0 saturated carbocycles. The van der Waals surface area contributed by atoms with Gasteiger partial charge in [0.25, 0.3) is 0 Å². The lowest BCUT2D eigenvalue weighted by molar-refractivity contribution is 0.381. The summed E-state index contributed by atoms with van der Waals surface area (Å²) in [6.07, 6.45) is 0. The van der Waals surface area contributed by atoms with E-state index in [0.717, 1.165) is 36.4 Å². The van der Waals surface area contributed by atoms with Gasteiger partial charge in [-0.2, -0.15) is 21.0 Å². The summed E-state index contributed by atoms with van der Waals surface area (Å²) < 4.78 is 143. The number of aromatic nitrogens is 2. The maximum Gasteiger partial charge on any atom is 0.200 e. The second kappa shape index (κ2) is 11.7. The van der Waals surface area contributed by atoms with Gasteiger partial charge in [-0.25, -0.2) is 53.9 Å². The van der Waals surface area contributed by atoms with Crippen molar-refractivity contribution in [2.75, 3.05) is 0 Å². The third kappa shape index (κ3) is 4.35. The van der Waals surface area contributed by atoms with E-state index in [4.69, 9.17) is 0 Å². The van der Waals surface area contributed by atoms with Crippen LogP contribution in [0.3, 0.4) is 0 Å². The monoisotopic (exact) mass is 712 g/mol. The highest BCUT2D eigenvalue weighted by Gasteiger charge is 2.38. The molecule has 0 fully saturated rings. The van der Waals surface area contributed by atoms with Gasteiger partial charge in [0.2, 0.25) is 11.6 Å². The molecule has 2 aliphatic carbocycles. The number of halogens is 10. The third-order valence-electron chi connectivity index (χ3n) is 8.40. The van der Waals surface area contributed by atoms with E-state index >= 15 is 0 Å². The van der Waals surface area contributed by atoms with Gasteiger partial charge in [0.1, 0.15) is 46.8 Å². The van der Waals surface area contributed by atoms with Crippen molar-refractivity contribution in [2.45, 2.75) is 0 Å². The van der Waals surface area contributed by atoms with Gasteiger partial charge in [-0.05, 0) is 34.4 Å². The van der Waals surface area contributed by atoms with Gasteiger partial charge in [0.05, 0.1) is 22.5 Å². The van der Waals surface area contributed by atoms with E-state index in [2.05, 4.69) is 9.97 Å². The van der Waals surface area contributed by atoms with Gasteiger partial charge in [0.15, 0.2) is 46.5 Å². The number of fused-ring (bicyclic) bond motifs is 6. The quantitative estimate of drug-likeness (QED) is 0.0765. The molecule has 0 bridgehead atoms. The number of nitrogens with zero attached hydrogens (tertiary/aromatic N) is 6. The average molecular weight is 712 g/mol. The molecule has 16 heteroatoms. The van der Waals surface area contributed by atoms with Crippen LogP contribution in [-0.4, -0.2) is 9.97 Å². The summed E-state index contributed by atoms with van der Waals surface area (Å²) in [5.74, 6) is -22.4. The van der Waals surface area contributed by atoms with Crippen LogP contribution in [0, 0.1) is 103 Å². The van der Waals surface area contributed by atoms with E-state index in [1.54, 1.807) is 24.3 Å². The van der Waals surface area contributed by atoms with Crippen molar-refractivity contribution in [1.29, 1.82) is 21.0 Å². The van der Waals surface area contributed by atoms with Crippen molar-refractivity contribution >= 4 is 11.1 Å². The Bertz CT molecular complexity index is 2510. The average Bonchev–Trinajstić information content (AvgIpc) is 3.63. The molecule has 4 aromatic carbocycles. The first-order chi connectivity index (χ1) is 24.8. The minimum absolute atomic E-state index is 0.0174. The Morgan fingerprint density at radius 3 is 0.962 bits per heavy atom. The molecule has 250 valence electrons. The number of hydrogen-bond acceptors (Lipinski definition) is 6. The Kier molecular flexibility index (Phi) is 7.44. The van der Waals surface area contributed by atoms with Crippen LogP contribution in [0.2, 0.25) is 0 Å². The molecule has 0 radical (unpaired) electrons. The highest BCUT2D eigenvalue weighted by Crippen LogP contribution is 2.51. The second-order valence-corrected chi connectivity index (χ2v) is 11.0. The van der Waals surface area contributed by atoms with Crippen molar-refractivity contribution < 1.29 is 43.9 Å². The van der Waals surface area contributed by atoms with Crippen LogP contribution >= 0.6 is 0 Å². The lowest BCUT2D eigenvalue weighted by Crippen LogP contribution is -2.04. The van der Waals surface area contributed by atoms with Crippen molar-refractivity contribution in [2.24, 2.45) is 0 Å². The summed E-state index contributed by atoms with van der Waals surface area (Å²) >= 11 is 0. The summed E-state index contributed by atoms with van der Waals surface area (Å²) in [6.45, 7) is 0. The summed E-state index contributed by atoms with van der Waals surface area (Å²) in [5.41, 5.74) is -6.54. The zero-order valence-corrected chi connectivity index (χ0v) is 24.9. The van der Waals surface area contributed by atoms with Crippen LogP contribution in [0.5, 0.6) is 0 Å². The Labute approximate surface area is 283 Å². The normalized spacial score (nSPS) is 11.9. The molecule has 2 aliphatic rings. The molecule has 0 amide bonds. The number of nitriles is 4. The molecule has 0 atom stereocenters. The molecular weight excluding hydrogens is 706 g/mol. The molecule has 1 aromatic heterocycles. The summed E-state index contributed by atoms with van der Waals surface area (Å²) in [6, 6.07) is 12.7. The molecule has 0 spiro atoms. The van der Waals surface area contributed by atoms with Gasteiger partial charge in [-0.1, -0.05) is 24.3 Å². The van der Waals surface area contributed by atoms with E-state index in [0.29, 0.717) is 0 Å². The summed E-state index contributed by atoms with van der Waals surface area (Å²) in [5, 5.41) is 39.3. The van der Waals surface area contributed by atoms with Crippen molar-refractivity contribution in [3.63, 3.8) is 0 Å². The number of benzene rings is 4. The van der Waals surface area contributed by atoms with Gasteiger partial charge in [0, 0.05) is 22.3 Å². The number of hydrogen-bond donors (Lipinski definition) is 0. The first-order valence-corrected chi connectivity index (χ1v) is 14.2. The zero-order valence-electron chi connectivity index (χ0n) is 24.9. The SMILES string of the molecule is N#CC(C#N)=C1c2cc(-c3c(F)c(F)c(F)c(F)c3F)ccc2-c2nc3c(nc21)-c1ccc(-c2c(F)c(F)c(F)c(F)c2F)cc1C3=C(C#N)C#N. The van der Waals surface area contributed by atoms with E-state index in [1.807, 2.05) is 0 Å². The zero-order chi connectivity index (χ0) is 37.5. The summed E-state index contributed by atoms with van der Waals surface area (Å²) in [7, 11) is 0. The van der Waals surface area contributed by atoms with Crippen LogP contribution in [0.1, 0.15) is 22.5 Å². The predicted octanol–water partition coefficient (Wildman–Crippen LogP) is 8.86. The lowest BCUT2D eigenvalue weighted by atomic mass is 9.95. The largest absolute Gasteiger partial charge is 0.243 e. The van der Waals surface area contributed by atoms with Crippen molar-refractivity contribution in [3.05, 3.63) is 128 Å². The lowest BCUT2D eigenvalue weighted by Gasteiger charge is -2.11. The van der Waals surface area contributed by atoms with Gasteiger partial charge < -0.3 is 0 Å². The summed E-state index contributed by atoms with van der Waals surface area (Å²) in [4.78, 5) is 9.07. The molecule has 5 aromatic rings. The first-order valence-electron chi connectivity index (χ1n) is 14.2. The molecule has 6 nitrogen and oxygen atoms in total. The van der Waals surface area contributed by atoms with Crippen LogP contribution in [0.25, 0.3) is 55.9 Å². The fourth-order valence-electron chi connectivity index (χ4n) is 6.14. The Balaban J connectivity index is 1.50. The second-order valence-electron chi connectivity index (χ2n) is 11.0. The van der Waals surface area contributed by atoms with Crippen molar-refractivity contribution in [3.8, 4) is 69.0 Å².